The van der Waals surface area contributed by atoms with Crippen LogP contribution in [0.3, 0.4) is 0 Å². The molecule has 2 aromatic carbocycles. The molecule has 3 heterocycles. The van der Waals surface area contributed by atoms with Crippen molar-refractivity contribution in [1.82, 2.24) is 14.8 Å². The Morgan fingerprint density at radius 3 is 2.59 bits per heavy atom. The molecule has 0 radical (unpaired) electrons. The average Bonchev–Trinajstić information content (AvgIpc) is 3.31. The first-order valence-corrected chi connectivity index (χ1v) is 10.5. The van der Waals surface area contributed by atoms with Crippen molar-refractivity contribution in [3.8, 4) is 0 Å². The number of carbonyl (C=O) groups is 2. The second-order valence-electron chi connectivity index (χ2n) is 7.97. The second-order valence-corrected chi connectivity index (χ2v) is 7.97. The third kappa shape index (κ3) is 3.11. The number of fused-ring (bicyclic) bond motifs is 2. The monoisotopic (exact) mass is 387 g/mol. The highest BCUT2D eigenvalue weighted by atomic mass is 16.2. The number of aromatic amines is 1. The molecule has 0 bridgehead atoms. The molecule has 1 saturated heterocycles. The van der Waals surface area contributed by atoms with E-state index >= 15 is 0 Å². The Bertz CT molecular complexity index is 1060. The van der Waals surface area contributed by atoms with Crippen LogP contribution in [0.5, 0.6) is 0 Å². The molecule has 0 unspecified atom stereocenters. The summed E-state index contributed by atoms with van der Waals surface area (Å²) in [6.07, 6.45) is 5.74. The van der Waals surface area contributed by atoms with E-state index in [4.69, 9.17) is 0 Å². The normalized spacial score (nSPS) is 19.0. The molecular weight excluding hydrogens is 362 g/mol. The lowest BCUT2D eigenvalue weighted by molar-refractivity contribution is -0.132. The van der Waals surface area contributed by atoms with Gasteiger partial charge in [-0.15, -0.1) is 0 Å². The van der Waals surface area contributed by atoms with Gasteiger partial charge in [-0.2, -0.15) is 0 Å². The number of benzene rings is 2. The van der Waals surface area contributed by atoms with Gasteiger partial charge in [0.2, 0.25) is 5.91 Å². The molecule has 5 nitrogen and oxygen atoms in total. The van der Waals surface area contributed by atoms with E-state index in [1.807, 2.05) is 58.5 Å². The summed E-state index contributed by atoms with van der Waals surface area (Å²) in [4.78, 5) is 33.1. The van der Waals surface area contributed by atoms with Gasteiger partial charge in [-0.1, -0.05) is 36.4 Å². The number of para-hydroxylation sites is 1. The highest BCUT2D eigenvalue weighted by molar-refractivity contribution is 6.01. The van der Waals surface area contributed by atoms with Crippen molar-refractivity contribution in [3.63, 3.8) is 0 Å². The van der Waals surface area contributed by atoms with Gasteiger partial charge in [-0.3, -0.25) is 9.59 Å². The lowest BCUT2D eigenvalue weighted by atomic mass is 9.97. The first kappa shape index (κ1) is 18.0. The zero-order chi connectivity index (χ0) is 19.8. The van der Waals surface area contributed by atoms with Crippen molar-refractivity contribution in [2.45, 2.75) is 31.7 Å². The Balaban J connectivity index is 1.46. The highest BCUT2D eigenvalue weighted by Gasteiger charge is 2.38. The van der Waals surface area contributed by atoms with Gasteiger partial charge in [0.1, 0.15) is 0 Å². The number of hydrogen-bond donors (Lipinski definition) is 1. The summed E-state index contributed by atoms with van der Waals surface area (Å²) in [5.74, 6) is 0.174. The van der Waals surface area contributed by atoms with E-state index in [0.29, 0.717) is 13.0 Å². The molecule has 2 amide bonds. The van der Waals surface area contributed by atoms with E-state index in [1.54, 1.807) is 0 Å². The quantitative estimate of drug-likeness (QED) is 0.732. The summed E-state index contributed by atoms with van der Waals surface area (Å²) >= 11 is 0. The number of nitrogens with one attached hydrogen (secondary N) is 1. The number of aromatic nitrogens is 1. The smallest absolute Gasteiger partial charge is 0.255 e. The Hall–Kier alpha value is -3.08. The van der Waals surface area contributed by atoms with Crippen molar-refractivity contribution in [3.05, 3.63) is 71.4 Å². The minimum atomic E-state index is -0.163. The summed E-state index contributed by atoms with van der Waals surface area (Å²) in [5, 5.41) is 1.12. The molecule has 5 heteroatoms. The number of H-pyrrole nitrogens is 1. The molecule has 3 aromatic rings. The molecule has 1 N–H and O–H groups in total. The van der Waals surface area contributed by atoms with E-state index in [0.717, 1.165) is 53.5 Å². The minimum absolute atomic E-state index is 0.0160. The SMILES string of the molecule is O=C(CCN1C(=O)c2ccccc2[C@H]1c1c[nH]c2ccccc12)N1CCCCC1. The van der Waals surface area contributed by atoms with Gasteiger partial charge in [0.25, 0.3) is 5.91 Å². The number of hydrogen-bond acceptors (Lipinski definition) is 2. The van der Waals surface area contributed by atoms with E-state index in [9.17, 15) is 9.59 Å². The van der Waals surface area contributed by atoms with Crippen LogP contribution in [-0.4, -0.2) is 46.2 Å². The fourth-order valence-corrected chi connectivity index (χ4v) is 4.77. The van der Waals surface area contributed by atoms with Gasteiger partial charge < -0.3 is 14.8 Å². The van der Waals surface area contributed by atoms with Crippen LogP contribution in [0.4, 0.5) is 0 Å². The summed E-state index contributed by atoms with van der Waals surface area (Å²) in [6.45, 7) is 2.13. The molecule has 148 valence electrons. The van der Waals surface area contributed by atoms with Gasteiger partial charge in [0.05, 0.1) is 6.04 Å². The van der Waals surface area contributed by atoms with Crippen LogP contribution in [0.2, 0.25) is 0 Å². The van der Waals surface area contributed by atoms with Crippen LogP contribution in [0.25, 0.3) is 10.9 Å². The summed E-state index contributed by atoms with van der Waals surface area (Å²) in [5.41, 5.74) is 3.91. The molecule has 0 saturated carbocycles. The van der Waals surface area contributed by atoms with Crippen molar-refractivity contribution >= 4 is 22.7 Å². The fraction of sp³-hybridized carbons (Fsp3) is 0.333. The van der Waals surface area contributed by atoms with Crippen LogP contribution in [0.1, 0.15) is 53.2 Å². The maximum atomic E-state index is 13.2. The van der Waals surface area contributed by atoms with Gasteiger partial charge in [0.15, 0.2) is 0 Å². The maximum Gasteiger partial charge on any atom is 0.255 e. The van der Waals surface area contributed by atoms with Crippen LogP contribution in [-0.2, 0) is 4.79 Å². The summed E-state index contributed by atoms with van der Waals surface area (Å²) < 4.78 is 0. The first-order chi connectivity index (χ1) is 14.2. The third-order valence-corrected chi connectivity index (χ3v) is 6.25. The third-order valence-electron chi connectivity index (χ3n) is 6.25. The van der Waals surface area contributed by atoms with Crippen molar-refractivity contribution in [2.75, 3.05) is 19.6 Å². The number of likely N-dealkylation sites (tertiary alicyclic amines) is 1. The number of nitrogens with zero attached hydrogens (tertiary/aromatic N) is 2. The van der Waals surface area contributed by atoms with Crippen LogP contribution < -0.4 is 0 Å². The Labute approximate surface area is 170 Å². The first-order valence-electron chi connectivity index (χ1n) is 10.5. The number of carbonyl (C=O) groups excluding carboxylic acids is 2. The van der Waals surface area contributed by atoms with Crippen molar-refractivity contribution in [2.24, 2.45) is 0 Å². The molecular formula is C24H25N3O2. The topological polar surface area (TPSA) is 56.4 Å². The minimum Gasteiger partial charge on any atom is -0.361 e. The Kier molecular flexibility index (Phi) is 4.58. The Morgan fingerprint density at radius 2 is 1.72 bits per heavy atom. The van der Waals surface area contributed by atoms with Gasteiger partial charge in [0, 0.05) is 54.3 Å². The largest absolute Gasteiger partial charge is 0.361 e. The van der Waals surface area contributed by atoms with Gasteiger partial charge >= 0.3 is 0 Å². The van der Waals surface area contributed by atoms with E-state index in [1.165, 1.54) is 6.42 Å². The number of amides is 2. The maximum absolute atomic E-state index is 13.2. The van der Waals surface area contributed by atoms with Gasteiger partial charge in [-0.25, -0.2) is 0 Å². The molecule has 2 aliphatic rings. The lowest BCUT2D eigenvalue weighted by Crippen LogP contribution is -2.38. The van der Waals surface area contributed by atoms with Crippen molar-refractivity contribution in [1.29, 1.82) is 0 Å². The van der Waals surface area contributed by atoms with E-state index in [2.05, 4.69) is 11.1 Å². The molecule has 5 rings (SSSR count). The van der Waals surface area contributed by atoms with Crippen LogP contribution in [0.15, 0.2) is 54.7 Å². The zero-order valence-electron chi connectivity index (χ0n) is 16.4. The fourth-order valence-electron chi connectivity index (χ4n) is 4.77. The van der Waals surface area contributed by atoms with E-state index < -0.39 is 0 Å². The van der Waals surface area contributed by atoms with E-state index in [-0.39, 0.29) is 17.9 Å². The predicted molar refractivity (Wildman–Crippen MR) is 113 cm³/mol. The van der Waals surface area contributed by atoms with Gasteiger partial charge in [-0.05, 0) is 37.0 Å². The molecule has 0 spiro atoms. The molecule has 1 atom stereocenters. The summed E-state index contributed by atoms with van der Waals surface area (Å²) in [6, 6.07) is 15.8. The highest BCUT2D eigenvalue weighted by Crippen LogP contribution is 2.41. The summed E-state index contributed by atoms with van der Waals surface area (Å²) in [7, 11) is 0. The molecule has 2 aliphatic heterocycles. The average molecular weight is 387 g/mol. The predicted octanol–water partition coefficient (Wildman–Crippen LogP) is 4.12. The molecule has 1 fully saturated rings. The molecule has 29 heavy (non-hydrogen) atoms. The standard InChI is InChI=1S/C24H25N3O2/c28-22(26-13-6-1-7-14-26)12-15-27-23(18-9-2-3-10-19(18)24(27)29)20-16-25-21-11-5-4-8-17(20)21/h2-5,8-11,16,23,25H,1,6-7,12-15H2/t23-/m0/s1. The van der Waals surface area contributed by atoms with Crippen LogP contribution in [0, 0.1) is 0 Å². The molecule has 1 aromatic heterocycles. The zero-order valence-corrected chi connectivity index (χ0v) is 16.4. The Morgan fingerprint density at radius 1 is 0.966 bits per heavy atom. The molecule has 0 aliphatic carbocycles. The second kappa shape index (κ2) is 7.39. The number of rotatable bonds is 4. The van der Waals surface area contributed by atoms with Crippen LogP contribution >= 0.6 is 0 Å². The van der Waals surface area contributed by atoms with Crippen molar-refractivity contribution < 1.29 is 9.59 Å². The lowest BCUT2D eigenvalue weighted by Gasteiger charge is -2.29. The number of piperidine rings is 1.